The summed E-state index contributed by atoms with van der Waals surface area (Å²) in [5.41, 5.74) is 5.45. The number of hydrogen-bond donors (Lipinski definition) is 2. The van der Waals surface area contributed by atoms with Crippen LogP contribution in [0.15, 0.2) is 12.3 Å². The third-order valence-corrected chi connectivity index (χ3v) is 1.41. The molecule has 1 unspecified atom stereocenters. The molecule has 0 aliphatic rings. The monoisotopic (exact) mass is 187 g/mol. The van der Waals surface area contributed by atoms with Crippen LogP contribution in [0.5, 0.6) is 0 Å². The minimum absolute atomic E-state index is 0.01000. The summed E-state index contributed by atoms with van der Waals surface area (Å²) in [7, 11) is 0. The molecule has 6 heteroatoms. The van der Waals surface area contributed by atoms with Crippen molar-refractivity contribution < 1.29 is 9.90 Å². The van der Waals surface area contributed by atoms with Gasteiger partial charge in [-0.25, -0.2) is 9.97 Å². The molecular formula is C6H6ClN3O2. The maximum absolute atomic E-state index is 10.4. The topological polar surface area (TPSA) is 89.1 Å². The van der Waals surface area contributed by atoms with E-state index in [2.05, 4.69) is 9.97 Å². The van der Waals surface area contributed by atoms with E-state index < -0.39 is 12.0 Å². The maximum atomic E-state index is 10.4. The molecule has 5 nitrogen and oxygen atoms in total. The number of halogens is 1. The number of carboxylic acid groups (broad SMARTS) is 1. The van der Waals surface area contributed by atoms with Gasteiger partial charge in [0, 0.05) is 6.20 Å². The Bertz CT molecular complexity index is 305. The lowest BCUT2D eigenvalue weighted by Crippen LogP contribution is -2.21. The fourth-order valence-corrected chi connectivity index (χ4v) is 0.801. The normalized spacial score (nSPS) is 12.5. The Kier molecular flexibility index (Phi) is 2.57. The summed E-state index contributed by atoms with van der Waals surface area (Å²) in [5.74, 6) is -1.15. The molecule has 0 aromatic carbocycles. The third kappa shape index (κ3) is 1.90. The summed E-state index contributed by atoms with van der Waals surface area (Å²) in [6.07, 6.45) is 1.35. The van der Waals surface area contributed by atoms with Crippen LogP contribution in [0.2, 0.25) is 5.28 Å². The van der Waals surface area contributed by atoms with Gasteiger partial charge >= 0.3 is 5.97 Å². The number of carbonyl (C=O) groups is 1. The highest BCUT2D eigenvalue weighted by molar-refractivity contribution is 6.28. The van der Waals surface area contributed by atoms with Crippen LogP contribution in [0.1, 0.15) is 11.7 Å². The lowest BCUT2D eigenvalue weighted by atomic mass is 10.2. The van der Waals surface area contributed by atoms with E-state index in [1.807, 2.05) is 0 Å². The molecule has 0 spiro atoms. The Labute approximate surface area is 73.2 Å². The maximum Gasteiger partial charge on any atom is 0.326 e. The first kappa shape index (κ1) is 8.89. The molecular weight excluding hydrogens is 182 g/mol. The van der Waals surface area contributed by atoms with Gasteiger partial charge in [0.1, 0.15) is 6.04 Å². The van der Waals surface area contributed by atoms with E-state index in [0.29, 0.717) is 0 Å². The molecule has 1 aromatic rings. The van der Waals surface area contributed by atoms with E-state index in [1.165, 1.54) is 12.3 Å². The number of aromatic nitrogens is 2. The van der Waals surface area contributed by atoms with Gasteiger partial charge in [0.05, 0.1) is 5.69 Å². The summed E-state index contributed by atoms with van der Waals surface area (Å²) >= 11 is 5.42. The minimum Gasteiger partial charge on any atom is -0.480 e. The second kappa shape index (κ2) is 3.46. The molecule has 64 valence electrons. The summed E-state index contributed by atoms with van der Waals surface area (Å²) in [4.78, 5) is 17.6. The molecule has 0 fully saturated rings. The standard InChI is InChI=1S/C6H6ClN3O2/c7-6-9-2-1-3(10-6)4(8)5(11)12/h1-2,4H,8H2,(H,11,12). The molecule has 0 aliphatic heterocycles. The van der Waals surface area contributed by atoms with E-state index in [0.717, 1.165) is 0 Å². The van der Waals surface area contributed by atoms with E-state index >= 15 is 0 Å². The molecule has 0 saturated heterocycles. The average Bonchev–Trinajstić information content (AvgIpc) is 2.03. The van der Waals surface area contributed by atoms with Crippen molar-refractivity contribution in [3.8, 4) is 0 Å². The molecule has 0 radical (unpaired) electrons. The van der Waals surface area contributed by atoms with Crippen LogP contribution < -0.4 is 5.73 Å². The van der Waals surface area contributed by atoms with Crippen LogP contribution in [-0.2, 0) is 4.79 Å². The number of hydrogen-bond acceptors (Lipinski definition) is 4. The fourth-order valence-electron chi connectivity index (χ4n) is 0.648. The highest BCUT2D eigenvalue weighted by Crippen LogP contribution is 2.08. The Morgan fingerprint density at radius 2 is 2.42 bits per heavy atom. The van der Waals surface area contributed by atoms with Crippen molar-refractivity contribution in [3.05, 3.63) is 23.2 Å². The van der Waals surface area contributed by atoms with Gasteiger partial charge in [-0.1, -0.05) is 0 Å². The third-order valence-electron chi connectivity index (χ3n) is 1.23. The molecule has 0 aliphatic carbocycles. The Morgan fingerprint density at radius 3 is 2.92 bits per heavy atom. The zero-order valence-corrected chi connectivity index (χ0v) is 6.69. The van der Waals surface area contributed by atoms with Crippen molar-refractivity contribution in [2.24, 2.45) is 5.73 Å². The van der Waals surface area contributed by atoms with Crippen LogP contribution in [0.4, 0.5) is 0 Å². The summed E-state index contributed by atoms with van der Waals surface area (Å²) in [6.45, 7) is 0. The summed E-state index contributed by atoms with van der Waals surface area (Å²) in [5, 5.41) is 8.49. The second-order valence-corrected chi connectivity index (χ2v) is 2.40. The molecule has 1 rings (SSSR count). The van der Waals surface area contributed by atoms with Crippen molar-refractivity contribution in [1.82, 2.24) is 9.97 Å². The van der Waals surface area contributed by atoms with E-state index in [4.69, 9.17) is 22.4 Å². The van der Waals surface area contributed by atoms with Crippen LogP contribution >= 0.6 is 11.6 Å². The van der Waals surface area contributed by atoms with E-state index in [1.54, 1.807) is 0 Å². The number of aliphatic carboxylic acids is 1. The Hall–Kier alpha value is -1.20. The van der Waals surface area contributed by atoms with Gasteiger partial charge in [0.2, 0.25) is 5.28 Å². The Balaban J connectivity index is 2.95. The largest absolute Gasteiger partial charge is 0.480 e. The van der Waals surface area contributed by atoms with Gasteiger partial charge in [-0.3, -0.25) is 4.79 Å². The minimum atomic E-state index is -1.15. The predicted molar refractivity (Wildman–Crippen MR) is 41.6 cm³/mol. The van der Waals surface area contributed by atoms with Crippen LogP contribution in [0, 0.1) is 0 Å². The molecule has 0 bridgehead atoms. The number of nitrogens with two attached hydrogens (primary N) is 1. The highest BCUT2D eigenvalue weighted by Gasteiger charge is 2.15. The summed E-state index contributed by atoms with van der Waals surface area (Å²) < 4.78 is 0. The van der Waals surface area contributed by atoms with Crippen LogP contribution in [0.3, 0.4) is 0 Å². The number of nitrogens with zero attached hydrogens (tertiary/aromatic N) is 2. The van der Waals surface area contributed by atoms with Crippen molar-refractivity contribution in [3.63, 3.8) is 0 Å². The zero-order valence-electron chi connectivity index (χ0n) is 5.94. The lowest BCUT2D eigenvalue weighted by Gasteiger charge is -2.03. The van der Waals surface area contributed by atoms with Gasteiger partial charge in [-0.05, 0) is 17.7 Å². The van der Waals surface area contributed by atoms with E-state index in [-0.39, 0.29) is 11.0 Å². The second-order valence-electron chi connectivity index (χ2n) is 2.07. The zero-order chi connectivity index (χ0) is 9.14. The smallest absolute Gasteiger partial charge is 0.326 e. The SMILES string of the molecule is NC(C(=O)O)c1ccnc(Cl)n1. The van der Waals surface area contributed by atoms with Gasteiger partial charge in [0.25, 0.3) is 0 Å². The van der Waals surface area contributed by atoms with Gasteiger partial charge < -0.3 is 10.8 Å². The molecule has 1 atom stereocenters. The highest BCUT2D eigenvalue weighted by atomic mass is 35.5. The quantitative estimate of drug-likeness (QED) is 0.647. The number of rotatable bonds is 2. The first-order valence-corrected chi connectivity index (χ1v) is 3.46. The first-order valence-electron chi connectivity index (χ1n) is 3.08. The Morgan fingerprint density at radius 1 is 1.75 bits per heavy atom. The van der Waals surface area contributed by atoms with Crippen LogP contribution in [-0.4, -0.2) is 21.0 Å². The van der Waals surface area contributed by atoms with Gasteiger partial charge in [0.15, 0.2) is 0 Å². The summed E-state index contributed by atoms with van der Waals surface area (Å²) in [6, 6.07) is 0.260. The molecule has 0 amide bonds. The van der Waals surface area contributed by atoms with Gasteiger partial charge in [-0.2, -0.15) is 0 Å². The lowest BCUT2D eigenvalue weighted by molar-refractivity contribution is -0.138. The predicted octanol–water partition coefficient (Wildman–Crippen LogP) is 0.214. The molecule has 3 N–H and O–H groups in total. The molecule has 0 saturated carbocycles. The van der Waals surface area contributed by atoms with Crippen LogP contribution in [0.25, 0.3) is 0 Å². The van der Waals surface area contributed by atoms with E-state index in [9.17, 15) is 4.79 Å². The fraction of sp³-hybridized carbons (Fsp3) is 0.167. The van der Waals surface area contributed by atoms with Crippen molar-refractivity contribution in [2.75, 3.05) is 0 Å². The number of carboxylic acids is 1. The first-order chi connectivity index (χ1) is 5.61. The average molecular weight is 188 g/mol. The molecule has 12 heavy (non-hydrogen) atoms. The van der Waals surface area contributed by atoms with Crippen molar-refractivity contribution >= 4 is 17.6 Å². The van der Waals surface area contributed by atoms with Crippen molar-refractivity contribution in [1.29, 1.82) is 0 Å². The van der Waals surface area contributed by atoms with Gasteiger partial charge in [-0.15, -0.1) is 0 Å². The molecule has 1 aromatic heterocycles. The molecule has 1 heterocycles. The van der Waals surface area contributed by atoms with Crippen molar-refractivity contribution in [2.45, 2.75) is 6.04 Å².